The van der Waals surface area contributed by atoms with Crippen molar-refractivity contribution >= 4 is 16.8 Å². The Bertz CT molecular complexity index is 1320. The van der Waals surface area contributed by atoms with Gasteiger partial charge in [0.2, 0.25) is 0 Å². The molecule has 0 aliphatic heterocycles. The van der Waals surface area contributed by atoms with E-state index in [2.05, 4.69) is 10.3 Å². The van der Waals surface area contributed by atoms with E-state index in [0.29, 0.717) is 46.8 Å². The van der Waals surface area contributed by atoms with Crippen LogP contribution in [0.2, 0.25) is 0 Å². The topological polar surface area (TPSA) is 60.5 Å². The molecule has 0 fully saturated rings. The summed E-state index contributed by atoms with van der Waals surface area (Å²) in [6, 6.07) is 19.5. The highest BCUT2D eigenvalue weighted by Gasteiger charge is 2.16. The molecule has 4 aromatic rings. The Balaban J connectivity index is 1.61. The summed E-state index contributed by atoms with van der Waals surface area (Å²) in [4.78, 5) is 17.8. The molecule has 1 N–H and O–H groups in total. The normalized spacial score (nSPS) is 10.8. The Kier molecular flexibility index (Phi) is 6.54. The van der Waals surface area contributed by atoms with Gasteiger partial charge in [-0.25, -0.2) is 9.37 Å². The van der Waals surface area contributed by atoms with E-state index >= 15 is 0 Å². The number of aromatic nitrogens is 1. The monoisotopic (exact) mass is 444 g/mol. The largest absolute Gasteiger partial charge is 0.493 e. The van der Waals surface area contributed by atoms with E-state index in [4.69, 9.17) is 9.47 Å². The van der Waals surface area contributed by atoms with E-state index in [1.807, 2.05) is 43.3 Å². The number of benzene rings is 3. The predicted octanol–water partition coefficient (Wildman–Crippen LogP) is 5.34. The van der Waals surface area contributed by atoms with Crippen LogP contribution in [0, 0.1) is 12.7 Å². The molecule has 168 valence electrons. The molecule has 0 spiro atoms. The molecule has 1 aromatic heterocycles. The summed E-state index contributed by atoms with van der Waals surface area (Å²) in [6.07, 6.45) is 0.619. The molecule has 0 radical (unpaired) electrons. The molecule has 5 nitrogen and oxygen atoms in total. The minimum atomic E-state index is -0.378. The Morgan fingerprint density at radius 3 is 2.52 bits per heavy atom. The highest BCUT2D eigenvalue weighted by molar-refractivity contribution is 6.07. The van der Waals surface area contributed by atoms with Crippen molar-refractivity contribution in [3.8, 4) is 22.8 Å². The van der Waals surface area contributed by atoms with Gasteiger partial charge in [0.05, 0.1) is 31.0 Å². The molecule has 0 atom stereocenters. The molecule has 0 saturated heterocycles. The first-order valence-corrected chi connectivity index (χ1v) is 10.7. The maximum atomic E-state index is 14.4. The molecular formula is C27H25FN2O3. The number of nitrogens with zero attached hydrogens (tertiary/aromatic N) is 1. The molecule has 0 aliphatic rings. The third-order valence-electron chi connectivity index (χ3n) is 5.51. The number of carbonyl (C=O) groups excluding carboxylic acids is 1. The predicted molar refractivity (Wildman–Crippen MR) is 127 cm³/mol. The lowest BCUT2D eigenvalue weighted by Crippen LogP contribution is -2.26. The van der Waals surface area contributed by atoms with Crippen molar-refractivity contribution in [1.82, 2.24) is 10.3 Å². The highest BCUT2D eigenvalue weighted by atomic mass is 19.1. The number of ether oxygens (including phenoxy) is 2. The fourth-order valence-electron chi connectivity index (χ4n) is 3.79. The summed E-state index contributed by atoms with van der Waals surface area (Å²) in [5.74, 6) is 0.693. The van der Waals surface area contributed by atoms with E-state index in [0.717, 1.165) is 16.5 Å². The minimum Gasteiger partial charge on any atom is -0.493 e. The second-order valence-electron chi connectivity index (χ2n) is 7.75. The van der Waals surface area contributed by atoms with Crippen LogP contribution in [0.25, 0.3) is 22.2 Å². The van der Waals surface area contributed by atoms with Crippen LogP contribution in [0.3, 0.4) is 0 Å². The second kappa shape index (κ2) is 9.69. The van der Waals surface area contributed by atoms with Crippen LogP contribution in [0.4, 0.5) is 4.39 Å². The molecule has 3 aromatic carbocycles. The van der Waals surface area contributed by atoms with Crippen LogP contribution in [-0.4, -0.2) is 31.7 Å². The van der Waals surface area contributed by atoms with Crippen LogP contribution in [0.15, 0.2) is 66.7 Å². The fraction of sp³-hybridized carbons (Fsp3) is 0.185. The molecule has 0 saturated carbocycles. The van der Waals surface area contributed by atoms with Gasteiger partial charge in [0, 0.05) is 17.5 Å². The van der Waals surface area contributed by atoms with Gasteiger partial charge < -0.3 is 14.8 Å². The summed E-state index contributed by atoms with van der Waals surface area (Å²) in [6.45, 7) is 2.39. The van der Waals surface area contributed by atoms with Crippen molar-refractivity contribution in [3.05, 3.63) is 89.2 Å². The van der Waals surface area contributed by atoms with E-state index < -0.39 is 0 Å². The Morgan fingerprint density at radius 2 is 1.76 bits per heavy atom. The molecule has 33 heavy (non-hydrogen) atoms. The number of fused-ring (bicyclic) bond motifs is 1. The van der Waals surface area contributed by atoms with Crippen molar-refractivity contribution < 1.29 is 18.7 Å². The Morgan fingerprint density at radius 1 is 0.970 bits per heavy atom. The first-order valence-electron chi connectivity index (χ1n) is 10.7. The lowest BCUT2D eigenvalue weighted by atomic mass is 10.0. The number of hydrogen-bond donors (Lipinski definition) is 1. The van der Waals surface area contributed by atoms with Gasteiger partial charge in [0.15, 0.2) is 11.5 Å². The first kappa shape index (κ1) is 22.3. The third kappa shape index (κ3) is 4.80. The fourth-order valence-corrected chi connectivity index (χ4v) is 3.79. The molecule has 6 heteroatoms. The molecule has 0 bridgehead atoms. The number of halogens is 1. The number of aryl methyl sites for hydroxylation is 1. The third-order valence-corrected chi connectivity index (χ3v) is 5.51. The van der Waals surface area contributed by atoms with Gasteiger partial charge in [-0.2, -0.15) is 0 Å². The quantitative estimate of drug-likeness (QED) is 0.418. The lowest BCUT2D eigenvalue weighted by Gasteiger charge is -2.12. The van der Waals surface area contributed by atoms with E-state index in [1.54, 1.807) is 38.5 Å². The van der Waals surface area contributed by atoms with Crippen LogP contribution in [-0.2, 0) is 6.42 Å². The number of amides is 1. The lowest BCUT2D eigenvalue weighted by molar-refractivity contribution is 0.0955. The number of rotatable bonds is 7. The number of methoxy groups -OCH3 is 2. The zero-order valence-corrected chi connectivity index (χ0v) is 18.8. The maximum absolute atomic E-state index is 14.4. The smallest absolute Gasteiger partial charge is 0.252 e. The SMILES string of the molecule is COc1ccc(CCNC(=O)c2cc(-c3ccccc3F)nc3ccc(C)cc23)cc1OC. The van der Waals surface area contributed by atoms with E-state index in [-0.39, 0.29) is 11.7 Å². The van der Waals surface area contributed by atoms with Crippen molar-refractivity contribution in [2.75, 3.05) is 20.8 Å². The van der Waals surface area contributed by atoms with Gasteiger partial charge in [0.25, 0.3) is 5.91 Å². The van der Waals surface area contributed by atoms with Crippen LogP contribution >= 0.6 is 0 Å². The molecule has 1 amide bonds. The van der Waals surface area contributed by atoms with Gasteiger partial charge in [-0.1, -0.05) is 29.8 Å². The zero-order valence-electron chi connectivity index (χ0n) is 18.8. The van der Waals surface area contributed by atoms with E-state index in [9.17, 15) is 9.18 Å². The average Bonchev–Trinajstić information content (AvgIpc) is 2.83. The summed E-state index contributed by atoms with van der Waals surface area (Å²) in [7, 11) is 3.18. The van der Waals surface area contributed by atoms with Crippen molar-refractivity contribution in [1.29, 1.82) is 0 Å². The van der Waals surface area contributed by atoms with Gasteiger partial charge in [0.1, 0.15) is 5.82 Å². The highest BCUT2D eigenvalue weighted by Crippen LogP contribution is 2.29. The van der Waals surface area contributed by atoms with Crippen LogP contribution in [0.5, 0.6) is 11.5 Å². The van der Waals surface area contributed by atoms with Crippen LogP contribution in [0.1, 0.15) is 21.5 Å². The number of nitrogens with one attached hydrogen (secondary N) is 1. The van der Waals surface area contributed by atoms with Gasteiger partial charge in [-0.3, -0.25) is 4.79 Å². The number of pyridine rings is 1. The van der Waals surface area contributed by atoms with Crippen LogP contribution < -0.4 is 14.8 Å². The van der Waals surface area contributed by atoms with E-state index in [1.165, 1.54) is 6.07 Å². The summed E-state index contributed by atoms with van der Waals surface area (Å²) in [5.41, 5.74) is 3.92. The Hall–Kier alpha value is -3.93. The van der Waals surface area contributed by atoms with Crippen molar-refractivity contribution in [2.45, 2.75) is 13.3 Å². The number of hydrogen-bond acceptors (Lipinski definition) is 4. The summed E-state index contributed by atoms with van der Waals surface area (Å²) < 4.78 is 25.0. The van der Waals surface area contributed by atoms with Crippen molar-refractivity contribution in [3.63, 3.8) is 0 Å². The van der Waals surface area contributed by atoms with Gasteiger partial charge >= 0.3 is 0 Å². The molecular weight excluding hydrogens is 419 g/mol. The zero-order chi connectivity index (χ0) is 23.4. The standard InChI is InChI=1S/C27H25FN2O3/c1-17-8-10-23-20(14-17)21(16-24(30-23)19-6-4-5-7-22(19)28)27(31)29-13-12-18-9-11-25(32-2)26(15-18)33-3/h4-11,14-16H,12-13H2,1-3H3,(H,29,31). The minimum absolute atomic E-state index is 0.230. The molecule has 0 aliphatic carbocycles. The molecule has 1 heterocycles. The summed E-state index contributed by atoms with van der Waals surface area (Å²) in [5, 5.41) is 3.72. The molecule has 0 unspecified atom stereocenters. The van der Waals surface area contributed by atoms with Gasteiger partial charge in [-0.05, 0) is 61.4 Å². The first-order chi connectivity index (χ1) is 16.0. The molecule has 4 rings (SSSR count). The Labute approximate surface area is 192 Å². The van der Waals surface area contributed by atoms with Crippen molar-refractivity contribution in [2.24, 2.45) is 0 Å². The maximum Gasteiger partial charge on any atom is 0.252 e. The second-order valence-corrected chi connectivity index (χ2v) is 7.75. The number of carbonyl (C=O) groups is 1. The summed E-state index contributed by atoms with van der Waals surface area (Å²) >= 11 is 0. The average molecular weight is 445 g/mol. The van der Waals surface area contributed by atoms with Gasteiger partial charge in [-0.15, -0.1) is 0 Å².